The van der Waals surface area contributed by atoms with Gasteiger partial charge in [-0.15, -0.1) is 11.8 Å². The van der Waals surface area contributed by atoms with Crippen LogP contribution in [0.2, 0.25) is 0 Å². The zero-order valence-corrected chi connectivity index (χ0v) is 11.0. The summed E-state index contributed by atoms with van der Waals surface area (Å²) in [5, 5.41) is 2.89. The minimum absolute atomic E-state index is 0.0266. The number of nitrogens with two attached hydrogens (primary N) is 1. The van der Waals surface area contributed by atoms with Crippen molar-refractivity contribution in [1.82, 2.24) is 5.32 Å². The summed E-state index contributed by atoms with van der Waals surface area (Å²) in [6.07, 6.45) is 2.33. The van der Waals surface area contributed by atoms with Gasteiger partial charge in [0.2, 0.25) is 5.91 Å². The van der Waals surface area contributed by atoms with Crippen molar-refractivity contribution < 1.29 is 9.53 Å². The smallest absolute Gasteiger partial charge is 0.230 e. The molecule has 0 aliphatic carbocycles. The summed E-state index contributed by atoms with van der Waals surface area (Å²) >= 11 is 1.46. The second kappa shape index (κ2) is 6.66. The van der Waals surface area contributed by atoms with Gasteiger partial charge in [0.1, 0.15) is 0 Å². The Kier molecular flexibility index (Phi) is 4.90. The van der Waals surface area contributed by atoms with E-state index in [1.54, 1.807) is 0 Å². The number of para-hydroxylation sites is 1. The van der Waals surface area contributed by atoms with Crippen molar-refractivity contribution in [3.8, 4) is 0 Å². The molecule has 1 aromatic rings. The van der Waals surface area contributed by atoms with Crippen molar-refractivity contribution in [2.45, 2.75) is 23.8 Å². The number of rotatable bonds is 5. The molecule has 0 aromatic heterocycles. The molecule has 0 bridgehead atoms. The first-order chi connectivity index (χ1) is 8.75. The van der Waals surface area contributed by atoms with E-state index in [1.165, 1.54) is 11.8 Å². The van der Waals surface area contributed by atoms with Crippen LogP contribution in [-0.4, -0.2) is 30.9 Å². The lowest BCUT2D eigenvalue weighted by Gasteiger charge is -2.10. The average Bonchev–Trinajstić information content (AvgIpc) is 2.88. The number of nitrogen functional groups attached to an aromatic ring is 1. The molecule has 4 nitrogen and oxygen atoms in total. The van der Waals surface area contributed by atoms with Crippen molar-refractivity contribution in [1.29, 1.82) is 0 Å². The summed E-state index contributed by atoms with van der Waals surface area (Å²) in [6.45, 7) is 1.43. The monoisotopic (exact) mass is 266 g/mol. The zero-order chi connectivity index (χ0) is 12.8. The van der Waals surface area contributed by atoms with Gasteiger partial charge in [-0.1, -0.05) is 12.1 Å². The number of amides is 1. The fourth-order valence-electron chi connectivity index (χ4n) is 1.84. The van der Waals surface area contributed by atoms with Gasteiger partial charge in [-0.3, -0.25) is 4.79 Å². The van der Waals surface area contributed by atoms with Crippen molar-refractivity contribution in [2.75, 3.05) is 24.6 Å². The van der Waals surface area contributed by atoms with E-state index in [2.05, 4.69) is 5.32 Å². The van der Waals surface area contributed by atoms with Crippen molar-refractivity contribution in [2.24, 2.45) is 0 Å². The molecule has 1 aromatic carbocycles. The van der Waals surface area contributed by atoms with Crippen LogP contribution < -0.4 is 11.1 Å². The predicted molar refractivity (Wildman–Crippen MR) is 73.6 cm³/mol. The molecule has 3 N–H and O–H groups in total. The number of benzene rings is 1. The number of hydrogen-bond donors (Lipinski definition) is 2. The summed E-state index contributed by atoms with van der Waals surface area (Å²) < 4.78 is 5.44. The third kappa shape index (κ3) is 3.92. The fourth-order valence-corrected chi connectivity index (χ4v) is 2.64. The summed E-state index contributed by atoms with van der Waals surface area (Å²) in [5.74, 6) is 0.416. The number of thioether (sulfide) groups is 1. The van der Waals surface area contributed by atoms with Crippen LogP contribution in [0, 0.1) is 0 Å². The number of carbonyl (C=O) groups is 1. The molecule has 1 amide bonds. The Balaban J connectivity index is 1.69. The molecule has 1 fully saturated rings. The van der Waals surface area contributed by atoms with Gasteiger partial charge in [0.05, 0.1) is 11.9 Å². The molecule has 98 valence electrons. The molecule has 1 heterocycles. The number of nitrogens with one attached hydrogen (secondary N) is 1. The Labute approximate surface area is 111 Å². The lowest BCUT2D eigenvalue weighted by Crippen LogP contribution is -2.32. The fraction of sp³-hybridized carbons (Fsp3) is 0.462. The maximum atomic E-state index is 11.7. The Morgan fingerprint density at radius 1 is 1.50 bits per heavy atom. The maximum Gasteiger partial charge on any atom is 0.230 e. The van der Waals surface area contributed by atoms with Gasteiger partial charge in [-0.25, -0.2) is 0 Å². The lowest BCUT2D eigenvalue weighted by molar-refractivity contribution is -0.119. The Hall–Kier alpha value is -1.20. The zero-order valence-electron chi connectivity index (χ0n) is 10.2. The lowest BCUT2D eigenvalue weighted by atomic mass is 10.2. The molecule has 0 radical (unpaired) electrons. The highest BCUT2D eigenvalue weighted by Gasteiger charge is 2.16. The number of carbonyl (C=O) groups excluding carboxylic acids is 1. The van der Waals surface area contributed by atoms with Crippen LogP contribution in [-0.2, 0) is 9.53 Å². The third-order valence-corrected chi connectivity index (χ3v) is 3.92. The van der Waals surface area contributed by atoms with Crippen LogP contribution in [0.5, 0.6) is 0 Å². The van der Waals surface area contributed by atoms with E-state index < -0.39 is 0 Å². The molecule has 1 aliphatic rings. The first-order valence-electron chi connectivity index (χ1n) is 6.11. The van der Waals surface area contributed by atoms with E-state index in [-0.39, 0.29) is 12.0 Å². The number of hydrogen-bond acceptors (Lipinski definition) is 4. The van der Waals surface area contributed by atoms with Crippen molar-refractivity contribution >= 4 is 23.4 Å². The molecule has 0 saturated carbocycles. The van der Waals surface area contributed by atoms with Gasteiger partial charge in [0, 0.05) is 23.7 Å². The number of anilines is 1. The van der Waals surface area contributed by atoms with E-state index in [0.29, 0.717) is 12.3 Å². The second-order valence-corrected chi connectivity index (χ2v) is 5.28. The van der Waals surface area contributed by atoms with Crippen LogP contribution in [0.15, 0.2) is 29.2 Å². The number of ether oxygens (including phenoxy) is 1. The maximum absolute atomic E-state index is 11.7. The van der Waals surface area contributed by atoms with Gasteiger partial charge in [-0.2, -0.15) is 0 Å². The molecule has 5 heteroatoms. The average molecular weight is 266 g/mol. The van der Waals surface area contributed by atoms with E-state index in [1.807, 2.05) is 24.3 Å². The van der Waals surface area contributed by atoms with Crippen LogP contribution >= 0.6 is 11.8 Å². The van der Waals surface area contributed by atoms with Crippen LogP contribution in [0.1, 0.15) is 12.8 Å². The van der Waals surface area contributed by atoms with Gasteiger partial charge in [0.25, 0.3) is 0 Å². The van der Waals surface area contributed by atoms with E-state index in [0.717, 1.165) is 30.0 Å². The molecule has 1 saturated heterocycles. The molecule has 1 unspecified atom stereocenters. The van der Waals surface area contributed by atoms with Crippen LogP contribution in [0.25, 0.3) is 0 Å². The standard InChI is InChI=1S/C13H18N2O2S/c14-11-5-1-2-6-12(11)18-9-13(16)15-8-10-4-3-7-17-10/h1-2,5-6,10H,3-4,7-9,14H2,(H,15,16). The van der Waals surface area contributed by atoms with Gasteiger partial charge < -0.3 is 15.8 Å². The predicted octanol–water partition coefficient (Wildman–Crippen LogP) is 1.66. The molecule has 1 aliphatic heterocycles. The minimum Gasteiger partial charge on any atom is -0.398 e. The minimum atomic E-state index is 0.0266. The Bertz CT molecular complexity index is 406. The molecular formula is C13H18N2O2S. The molecule has 1 atom stereocenters. The topological polar surface area (TPSA) is 64.4 Å². The normalized spacial score (nSPS) is 18.8. The summed E-state index contributed by atoms with van der Waals surface area (Å²) in [6, 6.07) is 7.57. The first-order valence-corrected chi connectivity index (χ1v) is 7.10. The molecule has 18 heavy (non-hydrogen) atoms. The molecule has 2 rings (SSSR count). The van der Waals surface area contributed by atoms with Crippen molar-refractivity contribution in [3.63, 3.8) is 0 Å². The highest BCUT2D eigenvalue weighted by Crippen LogP contribution is 2.23. The first kappa shape index (κ1) is 13.2. The van der Waals surface area contributed by atoms with Crippen LogP contribution in [0.3, 0.4) is 0 Å². The van der Waals surface area contributed by atoms with E-state index in [9.17, 15) is 4.79 Å². The summed E-state index contributed by atoms with van der Waals surface area (Å²) in [7, 11) is 0. The van der Waals surface area contributed by atoms with Gasteiger partial charge in [-0.05, 0) is 25.0 Å². The Morgan fingerprint density at radius 2 is 2.33 bits per heavy atom. The molecule has 0 spiro atoms. The highest BCUT2D eigenvalue weighted by molar-refractivity contribution is 8.00. The quantitative estimate of drug-likeness (QED) is 0.628. The summed E-state index contributed by atoms with van der Waals surface area (Å²) in [4.78, 5) is 12.6. The van der Waals surface area contributed by atoms with E-state index in [4.69, 9.17) is 10.5 Å². The van der Waals surface area contributed by atoms with Gasteiger partial charge in [0.15, 0.2) is 0 Å². The second-order valence-electron chi connectivity index (χ2n) is 4.27. The summed E-state index contributed by atoms with van der Waals surface area (Å²) in [5.41, 5.74) is 6.52. The van der Waals surface area contributed by atoms with Crippen LogP contribution in [0.4, 0.5) is 5.69 Å². The largest absolute Gasteiger partial charge is 0.398 e. The third-order valence-electron chi connectivity index (χ3n) is 2.83. The van der Waals surface area contributed by atoms with Gasteiger partial charge >= 0.3 is 0 Å². The SMILES string of the molecule is Nc1ccccc1SCC(=O)NCC1CCCO1. The molecular weight excluding hydrogens is 248 g/mol. The van der Waals surface area contributed by atoms with E-state index >= 15 is 0 Å². The van der Waals surface area contributed by atoms with Crippen molar-refractivity contribution in [3.05, 3.63) is 24.3 Å². The highest BCUT2D eigenvalue weighted by atomic mass is 32.2. The Morgan fingerprint density at radius 3 is 3.06 bits per heavy atom.